The van der Waals surface area contributed by atoms with Gasteiger partial charge < -0.3 is 36.0 Å². The van der Waals surface area contributed by atoms with E-state index in [-0.39, 0.29) is 5.82 Å². The number of nitrogens with one attached hydrogen (secondary N) is 1. The molecule has 0 bridgehead atoms. The Bertz CT molecular complexity index is 995. The van der Waals surface area contributed by atoms with Crippen molar-refractivity contribution >= 4 is 28.8 Å². The predicted molar refractivity (Wildman–Crippen MR) is 125 cm³/mol. The van der Waals surface area contributed by atoms with E-state index in [4.69, 9.17) is 10.5 Å². The first kappa shape index (κ1) is 24.6. The molecule has 0 radical (unpaired) electrons. The minimum atomic E-state index is -1.65. The molecule has 1 aliphatic heterocycles. The summed E-state index contributed by atoms with van der Waals surface area (Å²) in [5, 5.41) is 33.9. The van der Waals surface area contributed by atoms with Crippen LogP contribution in [0.15, 0.2) is 6.33 Å². The molecule has 4 rings (SSSR count). The lowest BCUT2D eigenvalue weighted by molar-refractivity contribution is -0.143. The molecule has 0 spiro atoms. The number of nitrogen functional groups attached to an aromatic ring is 1. The number of nitrogens with zero attached hydrogens (tertiary/aromatic N) is 5. The molecule has 2 aliphatic rings. The van der Waals surface area contributed by atoms with Crippen LogP contribution >= 0.6 is 0 Å². The number of aromatic nitrogens is 4. The molecule has 0 aromatic carbocycles. The van der Waals surface area contributed by atoms with Gasteiger partial charge in [-0.05, 0) is 19.3 Å². The molecule has 5 atom stereocenters. The van der Waals surface area contributed by atoms with E-state index in [9.17, 15) is 20.1 Å². The second kappa shape index (κ2) is 10.4. The fourth-order valence-electron chi connectivity index (χ4n) is 4.84. The van der Waals surface area contributed by atoms with Crippen molar-refractivity contribution in [1.82, 2.24) is 24.8 Å². The van der Waals surface area contributed by atoms with Crippen LogP contribution in [0.2, 0.25) is 0 Å². The number of hydrogen-bond donors (Lipinski definition) is 5. The van der Waals surface area contributed by atoms with Gasteiger partial charge >= 0.3 is 0 Å². The molecule has 12 heteroatoms. The molecule has 1 unspecified atom stereocenters. The van der Waals surface area contributed by atoms with Crippen LogP contribution < -0.4 is 16.0 Å². The van der Waals surface area contributed by atoms with Crippen LogP contribution in [0.5, 0.6) is 0 Å². The van der Waals surface area contributed by atoms with Crippen molar-refractivity contribution in [3.05, 3.63) is 6.33 Å². The molecule has 6 N–H and O–H groups in total. The summed E-state index contributed by atoms with van der Waals surface area (Å²) in [5.41, 5.74) is 6.82. The van der Waals surface area contributed by atoms with Gasteiger partial charge in [-0.15, -0.1) is 0 Å². The molecule has 1 aliphatic carbocycles. The zero-order valence-corrected chi connectivity index (χ0v) is 19.7. The summed E-state index contributed by atoms with van der Waals surface area (Å²) < 4.78 is 7.18. The quantitative estimate of drug-likeness (QED) is 0.346. The number of aliphatic hydroxyl groups excluding tert-OH is 3. The molecule has 3 heterocycles. The first-order chi connectivity index (χ1) is 16.3. The summed E-state index contributed by atoms with van der Waals surface area (Å²) in [4.78, 5) is 27.3. The highest BCUT2D eigenvalue weighted by Crippen LogP contribution is 2.34. The van der Waals surface area contributed by atoms with Gasteiger partial charge in [-0.2, -0.15) is 9.97 Å². The highest BCUT2D eigenvalue weighted by Gasteiger charge is 2.49. The molecular formula is C22H35N7O5. The molecule has 1 saturated heterocycles. The fraction of sp³-hybridized carbons (Fsp3) is 0.727. The number of rotatable bonds is 8. The number of nitrogens with two attached hydrogens (primary N) is 1. The molecule has 2 aromatic heterocycles. The molecular weight excluding hydrogens is 442 g/mol. The van der Waals surface area contributed by atoms with Crippen molar-refractivity contribution in [3.8, 4) is 0 Å². The Morgan fingerprint density at radius 3 is 2.74 bits per heavy atom. The number of anilines is 2. The number of hydrogen-bond acceptors (Lipinski definition) is 10. The number of carbonyl (C=O) groups is 1. The maximum Gasteiger partial charge on any atom is 0.251 e. The Morgan fingerprint density at radius 2 is 2.03 bits per heavy atom. The van der Waals surface area contributed by atoms with Gasteiger partial charge in [-0.25, -0.2) is 4.98 Å². The largest absolute Gasteiger partial charge is 0.387 e. The Kier molecular flexibility index (Phi) is 7.51. The molecule has 34 heavy (non-hydrogen) atoms. The van der Waals surface area contributed by atoms with Crippen molar-refractivity contribution in [1.29, 1.82) is 0 Å². The lowest BCUT2D eigenvalue weighted by atomic mass is 9.87. The van der Waals surface area contributed by atoms with Crippen LogP contribution in [0.3, 0.4) is 0 Å². The van der Waals surface area contributed by atoms with Crippen molar-refractivity contribution < 1.29 is 24.9 Å². The van der Waals surface area contributed by atoms with Gasteiger partial charge in [0, 0.05) is 20.1 Å². The highest BCUT2D eigenvalue weighted by molar-refractivity contribution is 5.83. The Morgan fingerprint density at radius 1 is 1.29 bits per heavy atom. The van der Waals surface area contributed by atoms with Crippen LogP contribution in [-0.2, 0) is 9.53 Å². The van der Waals surface area contributed by atoms with Crippen molar-refractivity contribution in [2.24, 2.45) is 5.92 Å². The number of fused-ring (bicyclic) bond motifs is 1. The first-order valence-corrected chi connectivity index (χ1v) is 12.0. The van der Waals surface area contributed by atoms with E-state index in [1.807, 2.05) is 11.9 Å². The smallest absolute Gasteiger partial charge is 0.251 e. The van der Waals surface area contributed by atoms with Crippen LogP contribution in [0, 0.1) is 5.92 Å². The summed E-state index contributed by atoms with van der Waals surface area (Å²) in [6.07, 6.45) is 1.84. The summed E-state index contributed by atoms with van der Waals surface area (Å²) in [6, 6.07) is 0. The van der Waals surface area contributed by atoms with Crippen molar-refractivity contribution in [2.45, 2.75) is 76.1 Å². The average Bonchev–Trinajstić information content (AvgIpc) is 3.39. The first-order valence-electron chi connectivity index (χ1n) is 12.0. The van der Waals surface area contributed by atoms with E-state index < -0.39 is 36.6 Å². The van der Waals surface area contributed by atoms with E-state index in [0.29, 0.717) is 29.6 Å². The number of carbonyl (C=O) groups excluding carboxylic acids is 1. The SMILES string of the molecule is CCNC(=O)C(O)[C@H]1O[C@@H](n2cnc3c(N)nc(N(C)CCC4CCCCC4)nc32)[C@H](O)[C@@H]1O. The van der Waals surface area contributed by atoms with Crippen LogP contribution in [-0.4, -0.2) is 85.3 Å². The fourth-order valence-corrected chi connectivity index (χ4v) is 4.84. The average molecular weight is 478 g/mol. The van der Waals surface area contributed by atoms with Gasteiger partial charge in [0.25, 0.3) is 5.91 Å². The summed E-state index contributed by atoms with van der Waals surface area (Å²) in [6.45, 7) is 2.80. The van der Waals surface area contributed by atoms with Crippen molar-refractivity contribution in [2.75, 3.05) is 30.8 Å². The van der Waals surface area contributed by atoms with Gasteiger partial charge in [-0.1, -0.05) is 32.1 Å². The predicted octanol–water partition coefficient (Wildman–Crippen LogP) is -0.0687. The van der Waals surface area contributed by atoms with E-state index in [1.165, 1.54) is 43.0 Å². The van der Waals surface area contributed by atoms with Gasteiger partial charge in [-0.3, -0.25) is 9.36 Å². The third-order valence-corrected chi connectivity index (χ3v) is 6.86. The van der Waals surface area contributed by atoms with Gasteiger partial charge in [0.05, 0.1) is 6.33 Å². The highest BCUT2D eigenvalue weighted by atomic mass is 16.6. The Hall–Kier alpha value is -2.54. The number of amides is 1. The second-order valence-electron chi connectivity index (χ2n) is 9.26. The third kappa shape index (κ3) is 4.81. The number of likely N-dealkylation sites (N-methyl/N-ethyl adjacent to an activating group) is 1. The molecule has 2 aromatic rings. The monoisotopic (exact) mass is 477 g/mol. The minimum absolute atomic E-state index is 0.190. The Balaban J connectivity index is 1.55. The van der Waals surface area contributed by atoms with Crippen molar-refractivity contribution in [3.63, 3.8) is 0 Å². The number of aliphatic hydroxyl groups is 3. The molecule has 188 valence electrons. The van der Waals surface area contributed by atoms with Gasteiger partial charge in [0.1, 0.15) is 23.8 Å². The maximum atomic E-state index is 12.0. The summed E-state index contributed by atoms with van der Waals surface area (Å²) >= 11 is 0. The minimum Gasteiger partial charge on any atom is -0.387 e. The summed E-state index contributed by atoms with van der Waals surface area (Å²) in [7, 11) is 1.91. The molecule has 12 nitrogen and oxygen atoms in total. The van der Waals surface area contributed by atoms with E-state index in [0.717, 1.165) is 13.0 Å². The standard InChI is InChI=1S/C22H35N7O5/c1-3-24-20(33)16(32)17-14(30)15(31)21(34-17)29-11-25-13-18(23)26-22(27-19(13)29)28(2)10-9-12-7-5-4-6-8-12/h11-12,14-17,21,30-32H,3-10H2,1-2H3,(H,24,33)(H2,23,26,27)/t14-,15+,16?,17-,21+/m0/s1. The van der Waals surface area contributed by atoms with E-state index >= 15 is 0 Å². The van der Waals surface area contributed by atoms with Crippen LogP contribution in [0.25, 0.3) is 11.2 Å². The zero-order chi connectivity index (χ0) is 24.4. The number of imidazole rings is 1. The molecule has 1 amide bonds. The van der Waals surface area contributed by atoms with Gasteiger partial charge in [0.2, 0.25) is 5.95 Å². The summed E-state index contributed by atoms with van der Waals surface area (Å²) in [5.74, 6) is 0.632. The second-order valence-corrected chi connectivity index (χ2v) is 9.26. The van der Waals surface area contributed by atoms with Crippen LogP contribution in [0.4, 0.5) is 11.8 Å². The lowest BCUT2D eigenvalue weighted by Gasteiger charge is -2.25. The topological polar surface area (TPSA) is 172 Å². The lowest BCUT2D eigenvalue weighted by Crippen LogP contribution is -2.47. The van der Waals surface area contributed by atoms with Crippen LogP contribution in [0.1, 0.15) is 51.7 Å². The maximum absolute atomic E-state index is 12.0. The Labute approximate surface area is 198 Å². The van der Waals surface area contributed by atoms with Gasteiger partial charge in [0.15, 0.2) is 23.8 Å². The number of ether oxygens (including phenoxy) is 1. The van der Waals surface area contributed by atoms with E-state index in [1.54, 1.807) is 6.92 Å². The normalized spacial score (nSPS) is 26.6. The molecule has 1 saturated carbocycles. The third-order valence-electron chi connectivity index (χ3n) is 6.86. The molecule has 2 fully saturated rings. The van der Waals surface area contributed by atoms with E-state index in [2.05, 4.69) is 20.3 Å². The zero-order valence-electron chi connectivity index (χ0n) is 19.7.